The highest BCUT2D eigenvalue weighted by atomic mass is 32.2. The molecule has 88 valence electrons. The van der Waals surface area contributed by atoms with Gasteiger partial charge in [-0.25, -0.2) is 0 Å². The average Bonchev–Trinajstić information content (AvgIpc) is 2.48. The van der Waals surface area contributed by atoms with Gasteiger partial charge in [-0.15, -0.1) is 11.8 Å². The van der Waals surface area contributed by atoms with E-state index in [1.807, 2.05) is 31.7 Å². The molecule has 0 saturated carbocycles. The van der Waals surface area contributed by atoms with Crippen molar-refractivity contribution in [3.63, 3.8) is 0 Å². The molecule has 0 amide bonds. The van der Waals surface area contributed by atoms with Crippen molar-refractivity contribution < 1.29 is 10.2 Å². The Morgan fingerprint density at radius 1 is 1.31 bits per heavy atom. The van der Waals surface area contributed by atoms with Crippen molar-refractivity contribution in [2.75, 3.05) is 5.75 Å². The van der Waals surface area contributed by atoms with Crippen molar-refractivity contribution in [2.45, 2.75) is 44.3 Å². The van der Waals surface area contributed by atoms with Gasteiger partial charge in [0, 0.05) is 21.6 Å². The third-order valence-corrected chi connectivity index (χ3v) is 4.98. The summed E-state index contributed by atoms with van der Waals surface area (Å²) in [5, 5.41) is 18.8. The second-order valence-corrected chi connectivity index (χ2v) is 6.14. The van der Waals surface area contributed by atoms with Crippen LogP contribution in [-0.2, 0) is 5.41 Å². The monoisotopic (exact) mass is 238 g/mol. The highest BCUT2D eigenvalue weighted by Gasteiger charge is 2.34. The molecule has 0 spiro atoms. The lowest BCUT2D eigenvalue weighted by atomic mass is 9.81. The topological polar surface area (TPSA) is 40.5 Å². The van der Waals surface area contributed by atoms with Crippen molar-refractivity contribution >= 4 is 11.8 Å². The number of fused-ring (bicyclic) bond motifs is 1. The predicted molar refractivity (Wildman–Crippen MR) is 66.8 cm³/mol. The standard InChI is InChI=1S/C13H18O2S/c1-7-5-9(12(14)15)8(2)10-11(7)16-6-13(10,3)4/h5,12,14-15H,6H2,1-4H3. The zero-order chi connectivity index (χ0) is 12.1. The van der Waals surface area contributed by atoms with E-state index in [1.54, 1.807) is 0 Å². The lowest BCUT2D eigenvalue weighted by molar-refractivity contribution is -0.0431. The van der Waals surface area contributed by atoms with Crippen molar-refractivity contribution in [1.29, 1.82) is 0 Å². The van der Waals surface area contributed by atoms with E-state index in [4.69, 9.17) is 0 Å². The first-order valence-corrected chi connectivity index (χ1v) is 6.46. The molecule has 2 nitrogen and oxygen atoms in total. The highest BCUT2D eigenvalue weighted by molar-refractivity contribution is 7.99. The lowest BCUT2D eigenvalue weighted by Crippen LogP contribution is -2.18. The lowest BCUT2D eigenvalue weighted by Gasteiger charge is -2.23. The van der Waals surface area contributed by atoms with Gasteiger partial charge >= 0.3 is 0 Å². The molecule has 1 aromatic carbocycles. The van der Waals surface area contributed by atoms with E-state index in [2.05, 4.69) is 13.8 Å². The maximum absolute atomic E-state index is 9.38. The molecule has 0 aromatic heterocycles. The maximum atomic E-state index is 9.38. The van der Waals surface area contributed by atoms with Crippen molar-refractivity contribution in [3.05, 3.63) is 28.3 Å². The molecule has 16 heavy (non-hydrogen) atoms. The first-order valence-electron chi connectivity index (χ1n) is 5.48. The Morgan fingerprint density at radius 2 is 1.94 bits per heavy atom. The molecule has 1 heterocycles. The van der Waals surface area contributed by atoms with E-state index in [1.165, 1.54) is 10.5 Å². The van der Waals surface area contributed by atoms with Crippen LogP contribution in [0.5, 0.6) is 0 Å². The van der Waals surface area contributed by atoms with Crippen LogP contribution in [0.4, 0.5) is 0 Å². The van der Waals surface area contributed by atoms with Crippen LogP contribution >= 0.6 is 11.8 Å². The average molecular weight is 238 g/mol. The summed E-state index contributed by atoms with van der Waals surface area (Å²) < 4.78 is 0. The Balaban J connectivity index is 2.72. The molecular formula is C13H18O2S. The van der Waals surface area contributed by atoms with Gasteiger partial charge in [0.05, 0.1) is 0 Å². The van der Waals surface area contributed by atoms with E-state index in [-0.39, 0.29) is 5.41 Å². The molecule has 1 aliphatic heterocycles. The molecule has 2 N–H and O–H groups in total. The third-order valence-electron chi connectivity index (χ3n) is 3.30. The molecule has 0 bridgehead atoms. The zero-order valence-electron chi connectivity index (χ0n) is 10.2. The summed E-state index contributed by atoms with van der Waals surface area (Å²) in [4.78, 5) is 1.33. The normalized spacial score (nSPS) is 17.9. The Morgan fingerprint density at radius 3 is 2.50 bits per heavy atom. The largest absolute Gasteiger partial charge is 0.364 e. The minimum atomic E-state index is -1.37. The number of aliphatic hydroxyl groups excluding tert-OH is 1. The van der Waals surface area contributed by atoms with Crippen LogP contribution < -0.4 is 0 Å². The van der Waals surface area contributed by atoms with E-state index in [0.29, 0.717) is 5.56 Å². The number of aliphatic hydroxyl groups is 2. The van der Waals surface area contributed by atoms with Gasteiger partial charge in [-0.1, -0.05) is 13.8 Å². The SMILES string of the molecule is Cc1cc(C(O)O)c(C)c2c1SCC2(C)C. The van der Waals surface area contributed by atoms with Crippen LogP contribution in [0.15, 0.2) is 11.0 Å². The molecule has 1 aromatic rings. The van der Waals surface area contributed by atoms with Crippen LogP contribution in [0.1, 0.15) is 42.4 Å². The van der Waals surface area contributed by atoms with Gasteiger partial charge in [0.25, 0.3) is 0 Å². The molecule has 0 radical (unpaired) electrons. The molecule has 3 heteroatoms. The summed E-state index contributed by atoms with van der Waals surface area (Å²) in [6.45, 7) is 8.46. The highest BCUT2D eigenvalue weighted by Crippen LogP contribution is 2.48. The van der Waals surface area contributed by atoms with Crippen LogP contribution in [0.2, 0.25) is 0 Å². The van der Waals surface area contributed by atoms with Crippen molar-refractivity contribution in [3.8, 4) is 0 Å². The Kier molecular flexibility index (Phi) is 2.81. The van der Waals surface area contributed by atoms with Gasteiger partial charge in [0.1, 0.15) is 0 Å². The fourth-order valence-corrected chi connectivity index (χ4v) is 4.02. The quantitative estimate of drug-likeness (QED) is 0.739. The van der Waals surface area contributed by atoms with Gasteiger partial charge in [0.15, 0.2) is 6.29 Å². The summed E-state index contributed by atoms with van der Waals surface area (Å²) >= 11 is 1.87. The van der Waals surface area contributed by atoms with Gasteiger partial charge in [-0.3, -0.25) is 0 Å². The number of thioether (sulfide) groups is 1. The number of benzene rings is 1. The van der Waals surface area contributed by atoms with Gasteiger partial charge < -0.3 is 10.2 Å². The third kappa shape index (κ3) is 1.67. The summed E-state index contributed by atoms with van der Waals surface area (Å²) in [5.74, 6) is 1.06. The molecule has 0 aliphatic carbocycles. The predicted octanol–water partition coefficient (Wildman–Crippen LogP) is 2.67. The van der Waals surface area contributed by atoms with Crippen LogP contribution in [0, 0.1) is 13.8 Å². The first-order chi connectivity index (χ1) is 7.34. The molecule has 1 aliphatic rings. The van der Waals surface area contributed by atoms with Crippen molar-refractivity contribution in [2.24, 2.45) is 0 Å². The molecule has 0 fully saturated rings. The number of hydrogen-bond donors (Lipinski definition) is 2. The van der Waals surface area contributed by atoms with E-state index < -0.39 is 6.29 Å². The van der Waals surface area contributed by atoms with E-state index >= 15 is 0 Å². The Hall–Kier alpha value is -0.510. The first kappa shape index (κ1) is 12.0. The molecule has 0 saturated heterocycles. The fourth-order valence-electron chi connectivity index (χ4n) is 2.51. The zero-order valence-corrected chi connectivity index (χ0v) is 11.0. The minimum absolute atomic E-state index is 0.125. The van der Waals surface area contributed by atoms with Gasteiger partial charge in [-0.05, 0) is 36.6 Å². The van der Waals surface area contributed by atoms with E-state index in [9.17, 15) is 10.2 Å². The van der Waals surface area contributed by atoms with Crippen LogP contribution in [-0.4, -0.2) is 16.0 Å². The summed E-state index contributed by atoms with van der Waals surface area (Å²) in [7, 11) is 0. The van der Waals surface area contributed by atoms with Gasteiger partial charge in [0.2, 0.25) is 0 Å². The number of hydrogen-bond acceptors (Lipinski definition) is 3. The Labute approximate surface area is 101 Å². The molecule has 2 rings (SSSR count). The van der Waals surface area contributed by atoms with Gasteiger partial charge in [-0.2, -0.15) is 0 Å². The van der Waals surface area contributed by atoms with Crippen LogP contribution in [0.25, 0.3) is 0 Å². The summed E-state index contributed by atoms with van der Waals surface area (Å²) in [6, 6.07) is 1.90. The summed E-state index contributed by atoms with van der Waals surface area (Å²) in [6.07, 6.45) is -1.37. The number of rotatable bonds is 1. The summed E-state index contributed by atoms with van der Waals surface area (Å²) in [5.41, 5.74) is 4.25. The Bertz CT molecular complexity index is 436. The van der Waals surface area contributed by atoms with Crippen LogP contribution in [0.3, 0.4) is 0 Å². The molecule has 0 atom stereocenters. The minimum Gasteiger partial charge on any atom is -0.364 e. The second kappa shape index (κ2) is 3.76. The molecule has 0 unspecified atom stereocenters. The van der Waals surface area contributed by atoms with Crippen molar-refractivity contribution in [1.82, 2.24) is 0 Å². The smallest absolute Gasteiger partial charge is 0.178 e. The fraction of sp³-hybridized carbons (Fsp3) is 0.538. The number of aryl methyl sites for hydroxylation is 1. The van der Waals surface area contributed by atoms with E-state index in [0.717, 1.165) is 16.9 Å². The second-order valence-electron chi connectivity index (χ2n) is 5.16. The maximum Gasteiger partial charge on any atom is 0.178 e. The molecular weight excluding hydrogens is 220 g/mol.